The first-order valence-corrected chi connectivity index (χ1v) is 8.27. The third-order valence-electron chi connectivity index (χ3n) is 3.93. The van der Waals surface area contributed by atoms with Gasteiger partial charge in [-0.05, 0) is 30.2 Å². The molecule has 0 saturated carbocycles. The maximum Gasteiger partial charge on any atom is 0.244 e. The van der Waals surface area contributed by atoms with Crippen molar-refractivity contribution in [1.82, 2.24) is 10.3 Å². The van der Waals surface area contributed by atoms with Crippen LogP contribution in [0.2, 0.25) is 0 Å². The number of nitrogens with one attached hydrogen (secondary N) is 1. The highest BCUT2D eigenvalue weighted by molar-refractivity contribution is 5.91. The molecule has 1 heterocycles. The highest BCUT2D eigenvalue weighted by atomic mass is 16.3. The average molecular weight is 332 g/mol. The van der Waals surface area contributed by atoms with Crippen LogP contribution < -0.4 is 5.32 Å². The van der Waals surface area contributed by atoms with Crippen LogP contribution in [0.4, 0.5) is 0 Å². The quantitative estimate of drug-likeness (QED) is 0.679. The smallest absolute Gasteiger partial charge is 0.244 e. The molecule has 1 atom stereocenters. The van der Waals surface area contributed by atoms with Gasteiger partial charge in [0.1, 0.15) is 0 Å². The van der Waals surface area contributed by atoms with Gasteiger partial charge in [0.05, 0.1) is 17.3 Å². The lowest BCUT2D eigenvalue weighted by molar-refractivity contribution is -0.116. The average Bonchev–Trinajstić information content (AvgIpc) is 2.67. The molecule has 25 heavy (non-hydrogen) atoms. The van der Waals surface area contributed by atoms with Crippen molar-refractivity contribution in [1.29, 1.82) is 0 Å². The Balaban J connectivity index is 1.50. The van der Waals surface area contributed by atoms with E-state index in [1.165, 1.54) is 6.08 Å². The van der Waals surface area contributed by atoms with E-state index in [4.69, 9.17) is 0 Å². The van der Waals surface area contributed by atoms with E-state index in [-0.39, 0.29) is 5.91 Å². The predicted molar refractivity (Wildman–Crippen MR) is 99.8 cm³/mol. The normalized spacial score (nSPS) is 12.4. The number of aliphatic hydroxyl groups excluding tert-OH is 1. The lowest BCUT2D eigenvalue weighted by Crippen LogP contribution is -2.23. The molecule has 1 amide bonds. The van der Waals surface area contributed by atoms with E-state index < -0.39 is 6.10 Å². The molecule has 1 aromatic heterocycles. The van der Waals surface area contributed by atoms with Gasteiger partial charge in [-0.15, -0.1) is 0 Å². The molecular formula is C21H20N2O2. The minimum Gasteiger partial charge on any atom is -0.388 e. The Morgan fingerprint density at radius 1 is 1.04 bits per heavy atom. The Morgan fingerprint density at radius 3 is 2.64 bits per heavy atom. The topological polar surface area (TPSA) is 62.2 Å². The van der Waals surface area contributed by atoms with Crippen LogP contribution in [0.15, 0.2) is 72.8 Å². The van der Waals surface area contributed by atoms with E-state index in [1.807, 2.05) is 66.7 Å². The Morgan fingerprint density at radius 2 is 1.80 bits per heavy atom. The van der Waals surface area contributed by atoms with Crippen molar-refractivity contribution in [3.8, 4) is 0 Å². The number of para-hydroxylation sites is 1. The summed E-state index contributed by atoms with van der Waals surface area (Å²) in [6, 6.07) is 21.1. The number of amides is 1. The van der Waals surface area contributed by atoms with E-state index in [1.54, 1.807) is 6.08 Å². The summed E-state index contributed by atoms with van der Waals surface area (Å²) >= 11 is 0. The van der Waals surface area contributed by atoms with Gasteiger partial charge < -0.3 is 10.4 Å². The molecule has 3 rings (SSSR count). The third-order valence-corrected chi connectivity index (χ3v) is 3.93. The van der Waals surface area contributed by atoms with Crippen LogP contribution in [0.5, 0.6) is 0 Å². The van der Waals surface area contributed by atoms with Crippen molar-refractivity contribution in [2.75, 3.05) is 6.54 Å². The summed E-state index contributed by atoms with van der Waals surface area (Å²) in [5.74, 6) is -0.199. The van der Waals surface area contributed by atoms with E-state index in [0.717, 1.165) is 22.2 Å². The molecule has 2 N–H and O–H groups in total. The van der Waals surface area contributed by atoms with Gasteiger partial charge >= 0.3 is 0 Å². The molecule has 4 nitrogen and oxygen atoms in total. The largest absolute Gasteiger partial charge is 0.388 e. The Bertz CT molecular complexity index is 875. The second kappa shape index (κ2) is 8.22. The second-order valence-corrected chi connectivity index (χ2v) is 5.77. The number of aromatic nitrogens is 1. The van der Waals surface area contributed by atoms with Crippen LogP contribution in [0.1, 0.15) is 23.8 Å². The summed E-state index contributed by atoms with van der Waals surface area (Å²) in [6.07, 6.45) is 3.05. The predicted octanol–water partition coefficient (Wildman–Crippen LogP) is 3.49. The molecule has 1 unspecified atom stereocenters. The molecule has 3 aromatic rings. The fourth-order valence-electron chi connectivity index (χ4n) is 2.57. The zero-order valence-electron chi connectivity index (χ0n) is 13.8. The van der Waals surface area contributed by atoms with Crippen molar-refractivity contribution in [3.05, 3.63) is 84.1 Å². The lowest BCUT2D eigenvalue weighted by atomic mass is 10.1. The van der Waals surface area contributed by atoms with Gasteiger partial charge in [-0.3, -0.25) is 4.79 Å². The molecule has 0 radical (unpaired) electrons. The highest BCUT2D eigenvalue weighted by Gasteiger charge is 2.06. The van der Waals surface area contributed by atoms with Crippen molar-refractivity contribution in [3.63, 3.8) is 0 Å². The molecule has 0 bridgehead atoms. The first kappa shape index (κ1) is 16.9. The fourth-order valence-corrected chi connectivity index (χ4v) is 2.57. The van der Waals surface area contributed by atoms with Crippen molar-refractivity contribution in [2.45, 2.75) is 12.5 Å². The summed E-state index contributed by atoms with van der Waals surface area (Å²) < 4.78 is 0. The van der Waals surface area contributed by atoms with Gasteiger partial charge in [0, 0.05) is 18.0 Å². The van der Waals surface area contributed by atoms with Gasteiger partial charge in [0.15, 0.2) is 0 Å². The number of rotatable bonds is 6. The number of hydrogen-bond donors (Lipinski definition) is 2. The number of pyridine rings is 1. The molecular weight excluding hydrogens is 312 g/mol. The van der Waals surface area contributed by atoms with E-state index in [0.29, 0.717) is 13.0 Å². The summed E-state index contributed by atoms with van der Waals surface area (Å²) in [5.41, 5.74) is 2.49. The van der Waals surface area contributed by atoms with Crippen LogP contribution in [0.3, 0.4) is 0 Å². The zero-order valence-corrected chi connectivity index (χ0v) is 13.8. The third kappa shape index (κ3) is 4.75. The van der Waals surface area contributed by atoms with Crippen LogP contribution in [0, 0.1) is 0 Å². The summed E-state index contributed by atoms with van der Waals surface area (Å²) in [5, 5.41) is 13.9. The molecule has 0 saturated heterocycles. The monoisotopic (exact) mass is 332 g/mol. The number of hydrogen-bond acceptors (Lipinski definition) is 3. The maximum atomic E-state index is 11.9. The molecule has 126 valence electrons. The number of nitrogens with zero attached hydrogens (tertiary/aromatic N) is 1. The molecule has 0 spiro atoms. The fraction of sp³-hybridized carbons (Fsp3) is 0.143. The van der Waals surface area contributed by atoms with Crippen molar-refractivity contribution < 1.29 is 9.90 Å². The summed E-state index contributed by atoms with van der Waals surface area (Å²) in [4.78, 5) is 16.4. The Labute approximate surface area is 146 Å². The number of benzene rings is 2. The highest BCUT2D eigenvalue weighted by Crippen LogP contribution is 2.15. The Hall–Kier alpha value is -2.98. The SMILES string of the molecule is O=C(C=Cc1ccc2ccccc2n1)NCCC(O)c1ccccc1. The minimum atomic E-state index is -0.576. The van der Waals surface area contributed by atoms with Crippen molar-refractivity contribution in [2.24, 2.45) is 0 Å². The molecule has 0 fully saturated rings. The Kier molecular flexibility index (Phi) is 5.54. The minimum absolute atomic E-state index is 0.199. The second-order valence-electron chi connectivity index (χ2n) is 5.77. The van der Waals surface area contributed by atoms with E-state index in [9.17, 15) is 9.90 Å². The van der Waals surface area contributed by atoms with Gasteiger partial charge in [-0.1, -0.05) is 54.6 Å². The first-order chi connectivity index (χ1) is 12.2. The molecule has 4 heteroatoms. The molecule has 0 aliphatic carbocycles. The molecule has 2 aromatic carbocycles. The van der Waals surface area contributed by atoms with Gasteiger partial charge in [-0.2, -0.15) is 0 Å². The molecule has 0 aliphatic heterocycles. The van der Waals surface area contributed by atoms with Crippen LogP contribution in [-0.2, 0) is 4.79 Å². The van der Waals surface area contributed by atoms with Gasteiger partial charge in [-0.25, -0.2) is 4.98 Å². The van der Waals surface area contributed by atoms with Gasteiger partial charge in [0.25, 0.3) is 0 Å². The number of fused-ring (bicyclic) bond motifs is 1. The van der Waals surface area contributed by atoms with Crippen LogP contribution in [0.25, 0.3) is 17.0 Å². The summed E-state index contributed by atoms with van der Waals surface area (Å²) in [7, 11) is 0. The van der Waals surface area contributed by atoms with E-state index in [2.05, 4.69) is 10.3 Å². The van der Waals surface area contributed by atoms with Gasteiger partial charge in [0.2, 0.25) is 5.91 Å². The van der Waals surface area contributed by atoms with E-state index >= 15 is 0 Å². The maximum absolute atomic E-state index is 11.9. The number of carbonyl (C=O) groups is 1. The first-order valence-electron chi connectivity index (χ1n) is 8.27. The van der Waals surface area contributed by atoms with Crippen molar-refractivity contribution >= 4 is 22.9 Å². The standard InChI is InChI=1S/C21H20N2O2/c24-20(17-7-2-1-3-8-17)14-15-22-21(25)13-12-18-11-10-16-6-4-5-9-19(16)23-18/h1-13,20,24H,14-15H2,(H,22,25). The number of aliphatic hydroxyl groups is 1. The summed E-state index contributed by atoms with van der Waals surface area (Å²) in [6.45, 7) is 0.407. The lowest BCUT2D eigenvalue weighted by Gasteiger charge is -2.10. The van der Waals surface area contributed by atoms with Crippen LogP contribution in [-0.4, -0.2) is 22.5 Å². The zero-order chi connectivity index (χ0) is 17.5. The van der Waals surface area contributed by atoms with Crippen LogP contribution >= 0.6 is 0 Å². The number of carbonyl (C=O) groups excluding carboxylic acids is 1. The molecule has 0 aliphatic rings.